The summed E-state index contributed by atoms with van der Waals surface area (Å²) >= 11 is 8.97. The predicted molar refractivity (Wildman–Crippen MR) is 124 cm³/mol. The molecular weight excluding hydrogens is 440 g/mol. The number of thioether (sulfide) groups is 1. The van der Waals surface area contributed by atoms with Gasteiger partial charge in [0, 0.05) is 34.5 Å². The molecule has 6 nitrogen and oxygen atoms in total. The summed E-state index contributed by atoms with van der Waals surface area (Å²) in [6.45, 7) is 6.73. The SMILES string of the molecule is Cc1csc2nc(CSc3nc4cc(Cl)ccc4c(=O)n3CCC(C)C)cc(=O)n12. The molecule has 0 aliphatic rings. The Labute approximate surface area is 186 Å². The van der Waals surface area contributed by atoms with Crippen LogP contribution < -0.4 is 11.1 Å². The molecule has 0 aliphatic carbocycles. The Balaban J connectivity index is 1.72. The van der Waals surface area contributed by atoms with Gasteiger partial charge in [-0.2, -0.15) is 0 Å². The quantitative estimate of drug-likeness (QED) is 0.306. The molecule has 3 heterocycles. The molecule has 0 N–H and O–H groups in total. The van der Waals surface area contributed by atoms with E-state index in [0.29, 0.717) is 50.0 Å². The summed E-state index contributed by atoms with van der Waals surface area (Å²) in [6, 6.07) is 6.69. The van der Waals surface area contributed by atoms with Gasteiger partial charge in [-0.05, 0) is 37.5 Å². The highest BCUT2D eigenvalue weighted by Gasteiger charge is 2.14. The maximum absolute atomic E-state index is 13.1. The summed E-state index contributed by atoms with van der Waals surface area (Å²) in [4.78, 5) is 35.5. The molecule has 0 aliphatic heterocycles. The highest BCUT2D eigenvalue weighted by atomic mass is 35.5. The minimum Gasteiger partial charge on any atom is -0.287 e. The van der Waals surface area contributed by atoms with Gasteiger partial charge in [-0.1, -0.05) is 37.2 Å². The number of aryl methyl sites for hydroxylation is 1. The molecule has 0 unspecified atom stereocenters. The average Bonchev–Trinajstić information content (AvgIpc) is 3.06. The van der Waals surface area contributed by atoms with Gasteiger partial charge in [-0.3, -0.25) is 18.6 Å². The molecule has 9 heteroatoms. The van der Waals surface area contributed by atoms with Gasteiger partial charge in [0.25, 0.3) is 11.1 Å². The van der Waals surface area contributed by atoms with Gasteiger partial charge < -0.3 is 0 Å². The topological polar surface area (TPSA) is 69.3 Å². The first-order chi connectivity index (χ1) is 14.3. The van der Waals surface area contributed by atoms with Crippen LogP contribution in [0.3, 0.4) is 0 Å². The van der Waals surface area contributed by atoms with E-state index in [-0.39, 0.29) is 11.1 Å². The van der Waals surface area contributed by atoms with Crippen LogP contribution in [0.25, 0.3) is 15.9 Å². The Hall–Kier alpha value is -2.16. The lowest BCUT2D eigenvalue weighted by Gasteiger charge is -2.14. The third kappa shape index (κ3) is 4.17. The van der Waals surface area contributed by atoms with Gasteiger partial charge in [-0.15, -0.1) is 11.3 Å². The van der Waals surface area contributed by atoms with E-state index < -0.39 is 0 Å². The number of hydrogen-bond donors (Lipinski definition) is 0. The van der Waals surface area contributed by atoms with Crippen molar-refractivity contribution in [3.05, 3.63) is 66.8 Å². The number of halogens is 1. The van der Waals surface area contributed by atoms with Gasteiger partial charge in [0.1, 0.15) is 0 Å². The molecule has 0 radical (unpaired) electrons. The van der Waals surface area contributed by atoms with Gasteiger partial charge in [0.15, 0.2) is 10.1 Å². The second-order valence-electron chi connectivity index (χ2n) is 7.56. The maximum Gasteiger partial charge on any atom is 0.262 e. The number of hydrogen-bond acceptors (Lipinski definition) is 6. The lowest BCUT2D eigenvalue weighted by atomic mass is 10.1. The average molecular weight is 461 g/mol. The largest absolute Gasteiger partial charge is 0.287 e. The van der Waals surface area contributed by atoms with Crippen molar-refractivity contribution in [2.75, 3.05) is 0 Å². The molecule has 3 aromatic heterocycles. The Morgan fingerprint density at radius 1 is 1.20 bits per heavy atom. The van der Waals surface area contributed by atoms with E-state index in [1.54, 1.807) is 33.2 Å². The fraction of sp³-hybridized carbons (Fsp3) is 0.333. The van der Waals surface area contributed by atoms with Crippen molar-refractivity contribution in [3.63, 3.8) is 0 Å². The van der Waals surface area contributed by atoms with Crippen LogP contribution in [0.15, 0.2) is 44.4 Å². The third-order valence-electron chi connectivity index (χ3n) is 4.79. The highest BCUT2D eigenvalue weighted by Crippen LogP contribution is 2.24. The van der Waals surface area contributed by atoms with Crippen molar-refractivity contribution < 1.29 is 0 Å². The number of benzene rings is 1. The number of fused-ring (bicyclic) bond motifs is 2. The molecule has 0 bridgehead atoms. The molecule has 0 saturated heterocycles. The van der Waals surface area contributed by atoms with Crippen molar-refractivity contribution in [3.8, 4) is 0 Å². The zero-order valence-electron chi connectivity index (χ0n) is 16.9. The Morgan fingerprint density at radius 2 is 2.00 bits per heavy atom. The first kappa shape index (κ1) is 21.1. The second kappa shape index (κ2) is 8.53. The predicted octanol–water partition coefficient (Wildman–Crippen LogP) is 4.77. The first-order valence-corrected chi connectivity index (χ1v) is 11.9. The molecule has 0 saturated carbocycles. The smallest absolute Gasteiger partial charge is 0.262 e. The van der Waals surface area contributed by atoms with Crippen LogP contribution in [-0.2, 0) is 12.3 Å². The third-order valence-corrected chi connectivity index (χ3v) is 6.98. The van der Waals surface area contributed by atoms with E-state index in [1.165, 1.54) is 23.1 Å². The summed E-state index contributed by atoms with van der Waals surface area (Å²) in [7, 11) is 0. The molecule has 0 fully saturated rings. The molecule has 4 aromatic rings. The molecule has 30 heavy (non-hydrogen) atoms. The van der Waals surface area contributed by atoms with E-state index in [9.17, 15) is 9.59 Å². The zero-order valence-corrected chi connectivity index (χ0v) is 19.3. The Morgan fingerprint density at radius 3 is 2.77 bits per heavy atom. The van der Waals surface area contributed by atoms with Crippen molar-refractivity contribution in [1.82, 2.24) is 18.9 Å². The number of rotatable bonds is 6. The Kier molecular flexibility index (Phi) is 5.99. The van der Waals surface area contributed by atoms with Crippen LogP contribution in [-0.4, -0.2) is 18.9 Å². The maximum atomic E-state index is 13.1. The van der Waals surface area contributed by atoms with Crippen molar-refractivity contribution in [2.24, 2.45) is 5.92 Å². The summed E-state index contributed by atoms with van der Waals surface area (Å²) in [5, 5.41) is 3.62. The minimum atomic E-state index is -0.0928. The van der Waals surface area contributed by atoms with E-state index in [0.717, 1.165) is 12.1 Å². The summed E-state index contributed by atoms with van der Waals surface area (Å²) in [5.74, 6) is 0.907. The van der Waals surface area contributed by atoms with Gasteiger partial charge in [0.2, 0.25) is 0 Å². The van der Waals surface area contributed by atoms with E-state index in [1.807, 2.05) is 12.3 Å². The molecule has 156 valence electrons. The molecular formula is C21H21ClN4O2S2. The first-order valence-electron chi connectivity index (χ1n) is 9.63. The van der Waals surface area contributed by atoms with E-state index in [2.05, 4.69) is 18.8 Å². The number of aromatic nitrogens is 4. The van der Waals surface area contributed by atoms with Crippen LogP contribution in [0.5, 0.6) is 0 Å². The highest BCUT2D eigenvalue weighted by molar-refractivity contribution is 7.98. The summed E-state index contributed by atoms with van der Waals surface area (Å²) < 4.78 is 3.33. The number of thiazole rings is 1. The lowest BCUT2D eigenvalue weighted by molar-refractivity contribution is 0.481. The molecule has 1 aromatic carbocycles. The zero-order chi connectivity index (χ0) is 21.4. The summed E-state index contributed by atoms with van der Waals surface area (Å²) in [6.07, 6.45) is 0.869. The molecule has 0 atom stereocenters. The van der Waals surface area contributed by atoms with E-state index >= 15 is 0 Å². The molecule has 0 spiro atoms. The summed E-state index contributed by atoms with van der Waals surface area (Å²) in [5.41, 5.74) is 1.96. The van der Waals surface area contributed by atoms with Crippen LogP contribution in [0.4, 0.5) is 0 Å². The van der Waals surface area contributed by atoms with Crippen molar-refractivity contribution in [2.45, 2.75) is 44.6 Å². The van der Waals surface area contributed by atoms with Crippen LogP contribution >= 0.6 is 34.7 Å². The fourth-order valence-electron chi connectivity index (χ4n) is 3.18. The fourth-order valence-corrected chi connectivity index (χ4v) is 5.16. The normalized spacial score (nSPS) is 11.8. The lowest BCUT2D eigenvalue weighted by Crippen LogP contribution is -2.24. The van der Waals surface area contributed by atoms with Crippen LogP contribution in [0, 0.1) is 12.8 Å². The monoisotopic (exact) mass is 460 g/mol. The molecule has 0 amide bonds. The van der Waals surface area contributed by atoms with E-state index in [4.69, 9.17) is 16.6 Å². The van der Waals surface area contributed by atoms with Crippen LogP contribution in [0.2, 0.25) is 5.02 Å². The van der Waals surface area contributed by atoms with Gasteiger partial charge >= 0.3 is 0 Å². The van der Waals surface area contributed by atoms with Gasteiger partial charge in [-0.25, -0.2) is 9.97 Å². The minimum absolute atomic E-state index is 0.0721. The van der Waals surface area contributed by atoms with Crippen molar-refractivity contribution in [1.29, 1.82) is 0 Å². The van der Waals surface area contributed by atoms with Crippen LogP contribution in [0.1, 0.15) is 31.7 Å². The van der Waals surface area contributed by atoms with Crippen molar-refractivity contribution >= 4 is 50.6 Å². The van der Waals surface area contributed by atoms with Gasteiger partial charge in [0.05, 0.1) is 16.6 Å². The standard InChI is InChI=1S/C21H21ClN4O2S2/c1-12(2)6-7-25-19(28)16-5-4-14(22)8-17(16)24-20(25)30-11-15-9-18(27)26-13(3)10-29-21(26)23-15/h4-5,8-10,12H,6-7,11H2,1-3H3. The number of nitrogens with zero attached hydrogens (tertiary/aromatic N) is 4. The second-order valence-corrected chi connectivity index (χ2v) is 9.78. The Bertz CT molecular complexity index is 1360. The molecule has 4 rings (SSSR count).